The Morgan fingerprint density at radius 2 is 2.15 bits per heavy atom. The SMILES string of the molecule is COCCOc1ccc(NC(=O)C2(N)CC2)cc1Cl.Cl. The van der Waals surface area contributed by atoms with E-state index in [1.54, 1.807) is 25.3 Å². The van der Waals surface area contributed by atoms with Gasteiger partial charge in [0.2, 0.25) is 5.91 Å². The fourth-order valence-electron chi connectivity index (χ4n) is 1.55. The second-order valence-electron chi connectivity index (χ2n) is 4.60. The number of carbonyl (C=O) groups excluding carboxylic acids is 1. The fourth-order valence-corrected chi connectivity index (χ4v) is 1.78. The molecular formula is C13H18Cl2N2O3. The summed E-state index contributed by atoms with van der Waals surface area (Å²) in [6.07, 6.45) is 1.45. The first-order valence-corrected chi connectivity index (χ1v) is 6.44. The summed E-state index contributed by atoms with van der Waals surface area (Å²) < 4.78 is 10.3. The van der Waals surface area contributed by atoms with Crippen molar-refractivity contribution in [3.05, 3.63) is 23.2 Å². The van der Waals surface area contributed by atoms with Crippen LogP contribution in [-0.4, -0.2) is 31.8 Å². The third-order valence-corrected chi connectivity index (χ3v) is 3.27. The van der Waals surface area contributed by atoms with Crippen molar-refractivity contribution in [2.75, 3.05) is 25.6 Å². The van der Waals surface area contributed by atoms with Gasteiger partial charge in [0.25, 0.3) is 0 Å². The summed E-state index contributed by atoms with van der Waals surface area (Å²) in [7, 11) is 1.60. The minimum Gasteiger partial charge on any atom is -0.490 e. The minimum atomic E-state index is -0.694. The van der Waals surface area contributed by atoms with Crippen molar-refractivity contribution in [3.63, 3.8) is 0 Å². The lowest BCUT2D eigenvalue weighted by Gasteiger charge is -2.12. The van der Waals surface area contributed by atoms with Gasteiger partial charge in [0.15, 0.2) is 0 Å². The smallest absolute Gasteiger partial charge is 0.244 e. The van der Waals surface area contributed by atoms with Crippen LogP contribution in [0, 0.1) is 0 Å². The van der Waals surface area contributed by atoms with Gasteiger partial charge in [0.05, 0.1) is 17.2 Å². The average Bonchev–Trinajstić information content (AvgIpc) is 3.12. The van der Waals surface area contributed by atoms with Crippen LogP contribution in [0.4, 0.5) is 5.69 Å². The number of nitrogens with two attached hydrogens (primary N) is 1. The minimum absolute atomic E-state index is 0. The third-order valence-electron chi connectivity index (χ3n) is 2.98. The predicted molar refractivity (Wildman–Crippen MR) is 80.9 cm³/mol. The number of anilines is 1. The molecule has 1 aliphatic carbocycles. The Labute approximate surface area is 129 Å². The summed E-state index contributed by atoms with van der Waals surface area (Å²) in [4.78, 5) is 11.8. The number of hydrogen-bond acceptors (Lipinski definition) is 4. The predicted octanol–water partition coefficient (Wildman–Crippen LogP) is 2.22. The lowest BCUT2D eigenvalue weighted by molar-refractivity contribution is -0.118. The molecule has 3 N–H and O–H groups in total. The van der Waals surface area contributed by atoms with Crippen LogP contribution in [0.25, 0.3) is 0 Å². The molecule has 2 rings (SSSR count). The van der Waals surface area contributed by atoms with Gasteiger partial charge in [-0.1, -0.05) is 11.6 Å². The zero-order chi connectivity index (χ0) is 13.9. The molecule has 0 bridgehead atoms. The highest BCUT2D eigenvalue weighted by Crippen LogP contribution is 2.34. The number of ether oxygens (including phenoxy) is 2. The molecule has 20 heavy (non-hydrogen) atoms. The first-order valence-electron chi connectivity index (χ1n) is 6.07. The summed E-state index contributed by atoms with van der Waals surface area (Å²) in [5.41, 5.74) is 5.73. The number of halogens is 2. The van der Waals surface area contributed by atoms with E-state index in [1.165, 1.54) is 0 Å². The standard InChI is InChI=1S/C13H17ClN2O3.ClH/c1-18-6-7-19-11-3-2-9(8-10(11)14)16-12(17)13(15)4-5-13;/h2-3,8H,4-7,15H2,1H3,(H,16,17);1H. The van der Waals surface area contributed by atoms with Crippen LogP contribution in [0.5, 0.6) is 5.75 Å². The first kappa shape index (κ1) is 17.0. The van der Waals surface area contributed by atoms with Gasteiger partial charge in [-0.25, -0.2) is 0 Å². The summed E-state index contributed by atoms with van der Waals surface area (Å²) in [6, 6.07) is 5.09. The van der Waals surface area contributed by atoms with Crippen molar-refractivity contribution in [1.29, 1.82) is 0 Å². The van der Waals surface area contributed by atoms with Crippen LogP contribution in [0.3, 0.4) is 0 Å². The molecule has 0 spiro atoms. The molecule has 1 saturated carbocycles. The highest BCUT2D eigenvalue weighted by Gasteiger charge is 2.45. The molecule has 112 valence electrons. The van der Waals surface area contributed by atoms with Gasteiger partial charge in [-0.2, -0.15) is 0 Å². The molecule has 1 aliphatic rings. The van der Waals surface area contributed by atoms with Crippen molar-refractivity contribution >= 4 is 35.6 Å². The summed E-state index contributed by atoms with van der Waals surface area (Å²) >= 11 is 6.07. The molecule has 5 nitrogen and oxygen atoms in total. The number of methoxy groups -OCH3 is 1. The van der Waals surface area contributed by atoms with E-state index in [1.807, 2.05) is 0 Å². The van der Waals surface area contributed by atoms with Gasteiger partial charge in [0, 0.05) is 12.8 Å². The van der Waals surface area contributed by atoms with Gasteiger partial charge in [0.1, 0.15) is 12.4 Å². The molecule has 0 radical (unpaired) electrons. The van der Waals surface area contributed by atoms with E-state index in [2.05, 4.69) is 5.32 Å². The molecule has 0 unspecified atom stereocenters. The van der Waals surface area contributed by atoms with E-state index in [-0.39, 0.29) is 18.3 Å². The Morgan fingerprint density at radius 1 is 1.45 bits per heavy atom. The van der Waals surface area contributed by atoms with E-state index < -0.39 is 5.54 Å². The van der Waals surface area contributed by atoms with Gasteiger partial charge in [-0.05, 0) is 31.0 Å². The second kappa shape index (κ2) is 7.13. The molecule has 0 atom stereocenters. The Hall–Kier alpha value is -1.01. The van der Waals surface area contributed by atoms with E-state index >= 15 is 0 Å². The average molecular weight is 321 g/mol. The monoisotopic (exact) mass is 320 g/mol. The molecule has 1 aromatic carbocycles. The van der Waals surface area contributed by atoms with Crippen LogP contribution in [0.2, 0.25) is 5.02 Å². The van der Waals surface area contributed by atoms with Crippen LogP contribution in [0.1, 0.15) is 12.8 Å². The lowest BCUT2D eigenvalue weighted by atomic mass is 10.2. The van der Waals surface area contributed by atoms with Crippen molar-refractivity contribution in [2.45, 2.75) is 18.4 Å². The molecule has 1 amide bonds. The van der Waals surface area contributed by atoms with Crippen LogP contribution in [-0.2, 0) is 9.53 Å². The van der Waals surface area contributed by atoms with Crippen molar-refractivity contribution in [3.8, 4) is 5.75 Å². The molecule has 0 aliphatic heterocycles. The first-order chi connectivity index (χ1) is 9.05. The Morgan fingerprint density at radius 3 is 2.70 bits per heavy atom. The fraction of sp³-hybridized carbons (Fsp3) is 0.462. The van der Waals surface area contributed by atoms with E-state index in [0.29, 0.717) is 29.7 Å². The zero-order valence-electron chi connectivity index (χ0n) is 11.1. The maximum atomic E-state index is 11.8. The van der Waals surface area contributed by atoms with E-state index in [9.17, 15) is 4.79 Å². The normalized spacial score (nSPS) is 15.2. The van der Waals surface area contributed by atoms with Gasteiger partial charge < -0.3 is 20.5 Å². The highest BCUT2D eigenvalue weighted by atomic mass is 35.5. The summed E-state index contributed by atoms with van der Waals surface area (Å²) in [5, 5.41) is 3.19. The second-order valence-corrected chi connectivity index (χ2v) is 5.00. The quantitative estimate of drug-likeness (QED) is 0.788. The van der Waals surface area contributed by atoms with Crippen LogP contribution >= 0.6 is 24.0 Å². The van der Waals surface area contributed by atoms with Crippen molar-refractivity contribution in [2.24, 2.45) is 5.73 Å². The van der Waals surface area contributed by atoms with Crippen molar-refractivity contribution < 1.29 is 14.3 Å². The number of nitrogens with one attached hydrogen (secondary N) is 1. The summed E-state index contributed by atoms with van der Waals surface area (Å²) in [6.45, 7) is 0.915. The van der Waals surface area contributed by atoms with Gasteiger partial charge in [-0.15, -0.1) is 12.4 Å². The van der Waals surface area contributed by atoms with E-state index in [4.69, 9.17) is 26.8 Å². The lowest BCUT2D eigenvalue weighted by Crippen LogP contribution is -2.37. The number of carbonyl (C=O) groups is 1. The Balaban J connectivity index is 0.00000200. The molecule has 0 saturated heterocycles. The molecule has 0 heterocycles. The van der Waals surface area contributed by atoms with Gasteiger partial charge in [-0.3, -0.25) is 4.79 Å². The number of rotatable bonds is 6. The highest BCUT2D eigenvalue weighted by molar-refractivity contribution is 6.32. The molecule has 1 aromatic rings. The molecule has 0 aromatic heterocycles. The Bertz CT molecular complexity index is 479. The number of hydrogen-bond donors (Lipinski definition) is 2. The van der Waals surface area contributed by atoms with Gasteiger partial charge >= 0.3 is 0 Å². The van der Waals surface area contributed by atoms with Crippen LogP contribution < -0.4 is 15.8 Å². The molecule has 1 fully saturated rings. The van der Waals surface area contributed by atoms with E-state index in [0.717, 1.165) is 12.8 Å². The van der Waals surface area contributed by atoms with Crippen LogP contribution in [0.15, 0.2) is 18.2 Å². The topological polar surface area (TPSA) is 73.6 Å². The number of amides is 1. The zero-order valence-corrected chi connectivity index (χ0v) is 12.7. The largest absolute Gasteiger partial charge is 0.490 e. The maximum Gasteiger partial charge on any atom is 0.244 e. The van der Waals surface area contributed by atoms with Crippen molar-refractivity contribution in [1.82, 2.24) is 0 Å². The Kier molecular flexibility index (Phi) is 6.07. The molecular weight excluding hydrogens is 303 g/mol. The molecule has 7 heteroatoms. The summed E-state index contributed by atoms with van der Waals surface area (Å²) in [5.74, 6) is 0.391. The maximum absolute atomic E-state index is 11.8. The third kappa shape index (κ3) is 4.24. The number of benzene rings is 1.